The van der Waals surface area contributed by atoms with E-state index in [4.69, 9.17) is 14.7 Å². The monoisotopic (exact) mass is 623 g/mol. The molecule has 4 bridgehead atoms. The number of pyridine rings is 1. The number of carbonyl (C=O) groups excluding carboxylic acids is 2. The molecule has 1 aromatic rings. The third-order valence-corrected chi connectivity index (χ3v) is 8.00. The lowest BCUT2D eigenvalue weighted by molar-refractivity contribution is 0.00517. The number of nitriles is 2. The molecule has 2 unspecified atom stereocenters. The molecule has 5 heterocycles. The van der Waals surface area contributed by atoms with Crippen LogP contribution in [0.3, 0.4) is 0 Å². The lowest BCUT2D eigenvalue weighted by Gasteiger charge is -2.43. The first-order valence-corrected chi connectivity index (χ1v) is 14.8. The number of carbonyl (C=O) groups is 2. The summed E-state index contributed by atoms with van der Waals surface area (Å²) in [5.41, 5.74) is -0.757. The number of aromatic nitrogens is 1. The molecule has 0 radical (unpaired) electrons. The fourth-order valence-electron chi connectivity index (χ4n) is 5.91. The molecule has 218 valence electrons. The Hall–Kier alpha value is -3.37. The Morgan fingerprint density at radius 3 is 1.76 bits per heavy atom. The zero-order chi connectivity index (χ0) is 30.2. The van der Waals surface area contributed by atoms with E-state index in [1.54, 1.807) is 22.2 Å². The van der Waals surface area contributed by atoms with Crippen molar-refractivity contribution in [3.63, 3.8) is 0 Å². The van der Waals surface area contributed by atoms with Gasteiger partial charge in [-0.2, -0.15) is 10.5 Å². The number of piperidine rings is 2. The van der Waals surface area contributed by atoms with Crippen LogP contribution in [-0.4, -0.2) is 62.3 Å². The molecule has 10 heteroatoms. The summed E-state index contributed by atoms with van der Waals surface area (Å²) < 4.78 is 11.8. The Labute approximate surface area is 250 Å². The predicted octanol–water partition coefficient (Wildman–Crippen LogP) is 6.41. The Bertz CT molecular complexity index is 1280. The Balaban J connectivity index is 0.000000201. The molecule has 6 atom stereocenters. The van der Waals surface area contributed by atoms with Crippen molar-refractivity contribution in [2.45, 2.75) is 108 Å². The van der Waals surface area contributed by atoms with Gasteiger partial charge in [0.05, 0.1) is 47.6 Å². The van der Waals surface area contributed by atoms with Gasteiger partial charge < -0.3 is 9.47 Å². The SMILES string of the molecule is CC(C)(C)OC(=O)N1[C@@H]2C=C[C@H]1CC(C#N)(c1cncc(Br)c1)C2.CC(C)(C)OC(=O)N1[C@@H]2C=C[C@H]1CC(C#N)C2. The minimum Gasteiger partial charge on any atom is -0.444 e. The van der Waals surface area contributed by atoms with Crippen LogP contribution in [0.15, 0.2) is 47.2 Å². The van der Waals surface area contributed by atoms with Gasteiger partial charge in [-0.25, -0.2) is 9.59 Å². The highest BCUT2D eigenvalue weighted by molar-refractivity contribution is 9.10. The van der Waals surface area contributed by atoms with Crippen molar-refractivity contribution in [1.29, 1.82) is 10.5 Å². The fraction of sp³-hybridized carbons (Fsp3) is 0.581. The second-order valence-electron chi connectivity index (χ2n) is 13.1. The maximum atomic E-state index is 12.5. The van der Waals surface area contributed by atoms with Gasteiger partial charge in [-0.15, -0.1) is 0 Å². The number of halogens is 1. The third kappa shape index (κ3) is 6.93. The van der Waals surface area contributed by atoms with E-state index in [1.807, 2.05) is 71.9 Å². The van der Waals surface area contributed by atoms with Gasteiger partial charge in [0.1, 0.15) is 11.2 Å². The summed E-state index contributed by atoms with van der Waals surface area (Å²) in [6.07, 6.45) is 13.5. The summed E-state index contributed by atoms with van der Waals surface area (Å²) in [5, 5.41) is 18.9. The van der Waals surface area contributed by atoms with Crippen LogP contribution in [0.4, 0.5) is 9.59 Å². The summed E-state index contributed by atoms with van der Waals surface area (Å²) >= 11 is 3.42. The normalized spacial score (nSPS) is 29.6. The molecule has 2 saturated heterocycles. The average Bonchev–Trinajstić information content (AvgIpc) is 3.31. The summed E-state index contributed by atoms with van der Waals surface area (Å²) in [6, 6.07) is 6.54. The van der Waals surface area contributed by atoms with E-state index in [9.17, 15) is 14.9 Å². The molecular formula is C31H38BrN5O4. The Kier molecular flexibility index (Phi) is 8.57. The molecule has 0 aromatic carbocycles. The van der Waals surface area contributed by atoms with E-state index in [0.29, 0.717) is 12.8 Å². The van der Waals surface area contributed by atoms with Crippen LogP contribution >= 0.6 is 15.9 Å². The smallest absolute Gasteiger partial charge is 0.411 e. The fourth-order valence-corrected chi connectivity index (χ4v) is 6.28. The number of amides is 2. The highest BCUT2D eigenvalue weighted by Gasteiger charge is 2.50. The number of hydrogen-bond acceptors (Lipinski definition) is 7. The zero-order valence-corrected chi connectivity index (χ0v) is 26.1. The minimum absolute atomic E-state index is 0.0354. The zero-order valence-electron chi connectivity index (χ0n) is 24.5. The van der Waals surface area contributed by atoms with Gasteiger partial charge >= 0.3 is 12.2 Å². The van der Waals surface area contributed by atoms with E-state index < -0.39 is 16.6 Å². The Morgan fingerprint density at radius 1 is 0.878 bits per heavy atom. The van der Waals surface area contributed by atoms with Crippen molar-refractivity contribution < 1.29 is 19.1 Å². The highest BCUT2D eigenvalue weighted by atomic mass is 79.9. The van der Waals surface area contributed by atoms with Crippen LogP contribution in [0.25, 0.3) is 0 Å². The van der Waals surface area contributed by atoms with Crippen molar-refractivity contribution in [3.05, 3.63) is 52.8 Å². The van der Waals surface area contributed by atoms with Crippen LogP contribution in [0.1, 0.15) is 72.8 Å². The van der Waals surface area contributed by atoms with Crippen LogP contribution < -0.4 is 0 Å². The number of rotatable bonds is 1. The second-order valence-corrected chi connectivity index (χ2v) is 14.0. The van der Waals surface area contributed by atoms with E-state index in [-0.39, 0.29) is 42.3 Å². The van der Waals surface area contributed by atoms with Crippen LogP contribution in [0.2, 0.25) is 0 Å². The first-order chi connectivity index (χ1) is 19.1. The lowest BCUT2D eigenvalue weighted by Crippen LogP contribution is -2.53. The second kappa shape index (κ2) is 11.5. The first kappa shape index (κ1) is 30.6. The van der Waals surface area contributed by atoms with Crippen LogP contribution in [0.5, 0.6) is 0 Å². The number of ether oxygens (including phenoxy) is 2. The van der Waals surface area contributed by atoms with Crippen molar-refractivity contribution in [3.8, 4) is 12.1 Å². The molecule has 2 amide bonds. The molecule has 0 spiro atoms. The quantitative estimate of drug-likeness (QED) is 0.332. The molecule has 41 heavy (non-hydrogen) atoms. The summed E-state index contributed by atoms with van der Waals surface area (Å²) in [4.78, 5) is 32.3. The van der Waals surface area contributed by atoms with Crippen molar-refractivity contribution in [2.24, 2.45) is 5.92 Å². The van der Waals surface area contributed by atoms with Crippen LogP contribution in [0, 0.1) is 28.6 Å². The molecule has 1 aromatic heterocycles. The van der Waals surface area contributed by atoms with E-state index in [2.05, 4.69) is 33.1 Å². The standard InChI is InChI=1S/C18H20BrN3O2.C13H18N2O2/c1-17(2,3)24-16(23)22-14-4-5-15(22)8-18(7-14,11-20)12-6-13(19)10-21-9-12;1-13(2,3)17-12(16)15-10-4-5-11(15)7-9(6-10)8-14/h4-6,9-10,14-15H,7-8H2,1-3H3;4-5,9-11H,6-7H2,1-3H3/t14-,15+,18?;9?,10-,11+. The largest absolute Gasteiger partial charge is 0.444 e. The van der Waals surface area contributed by atoms with Gasteiger partial charge in [-0.3, -0.25) is 14.8 Å². The maximum Gasteiger partial charge on any atom is 0.411 e. The molecule has 0 saturated carbocycles. The van der Waals surface area contributed by atoms with Crippen molar-refractivity contribution in [2.75, 3.05) is 0 Å². The number of nitrogens with zero attached hydrogens (tertiary/aromatic N) is 5. The summed E-state index contributed by atoms with van der Waals surface area (Å²) in [7, 11) is 0. The van der Waals surface area contributed by atoms with E-state index in [0.717, 1.165) is 22.9 Å². The average molecular weight is 625 g/mol. The van der Waals surface area contributed by atoms with Crippen LogP contribution in [-0.2, 0) is 14.9 Å². The third-order valence-electron chi connectivity index (χ3n) is 7.57. The van der Waals surface area contributed by atoms with Crippen molar-refractivity contribution >= 4 is 28.1 Å². The molecule has 0 aliphatic carbocycles. The van der Waals surface area contributed by atoms with E-state index in [1.165, 1.54) is 0 Å². The van der Waals surface area contributed by atoms with Gasteiger partial charge in [-0.05, 0) is 94.8 Å². The number of hydrogen-bond donors (Lipinski definition) is 0. The van der Waals surface area contributed by atoms with Gasteiger partial charge in [0.25, 0.3) is 0 Å². The Morgan fingerprint density at radius 2 is 1.34 bits per heavy atom. The topological polar surface area (TPSA) is 120 Å². The lowest BCUT2D eigenvalue weighted by atomic mass is 9.71. The molecule has 5 rings (SSSR count). The molecule has 9 nitrogen and oxygen atoms in total. The molecule has 4 aliphatic rings. The molecule has 2 fully saturated rings. The van der Waals surface area contributed by atoms with Gasteiger partial charge in [0.2, 0.25) is 0 Å². The summed E-state index contributed by atoms with van der Waals surface area (Å²) in [6.45, 7) is 11.2. The first-order valence-electron chi connectivity index (χ1n) is 14.0. The van der Waals surface area contributed by atoms with Gasteiger partial charge in [-0.1, -0.05) is 24.3 Å². The predicted molar refractivity (Wildman–Crippen MR) is 156 cm³/mol. The van der Waals surface area contributed by atoms with E-state index >= 15 is 0 Å². The molecular weight excluding hydrogens is 586 g/mol. The highest BCUT2D eigenvalue weighted by Crippen LogP contribution is 2.45. The van der Waals surface area contributed by atoms with Gasteiger partial charge in [0, 0.05) is 16.9 Å². The summed E-state index contributed by atoms with van der Waals surface area (Å²) in [5.74, 6) is 0.0543. The van der Waals surface area contributed by atoms with Gasteiger partial charge in [0.15, 0.2) is 0 Å². The van der Waals surface area contributed by atoms with Crippen molar-refractivity contribution in [1.82, 2.24) is 14.8 Å². The minimum atomic E-state index is -0.645. The molecule has 4 aliphatic heterocycles. The maximum absolute atomic E-state index is 12.5. The number of fused-ring (bicyclic) bond motifs is 4. The molecule has 0 N–H and O–H groups in total.